The number of likely N-dealkylation sites (tertiary alicyclic amines) is 1. The van der Waals surface area contributed by atoms with Gasteiger partial charge in [-0.15, -0.1) is 5.54 Å². The number of fused-ring (bicyclic) bond motifs is 1. The molecule has 4 unspecified atom stereocenters. The van der Waals surface area contributed by atoms with E-state index >= 15 is 0 Å². The van der Waals surface area contributed by atoms with Gasteiger partial charge in [0.15, 0.2) is 0 Å². The van der Waals surface area contributed by atoms with Crippen LogP contribution in [0, 0.1) is 17.8 Å². The van der Waals surface area contributed by atoms with Crippen LogP contribution in [0.25, 0.3) is 4.98 Å². The molecule has 2 fully saturated rings. The predicted octanol–water partition coefficient (Wildman–Crippen LogP) is 2.21. The van der Waals surface area contributed by atoms with Crippen LogP contribution in [0.15, 0.2) is 24.3 Å². The van der Waals surface area contributed by atoms with E-state index in [1.165, 1.54) is 38.4 Å². The van der Waals surface area contributed by atoms with E-state index in [2.05, 4.69) is 63.1 Å². The van der Waals surface area contributed by atoms with E-state index in [0.29, 0.717) is 0 Å². The molecule has 0 N–H and O–H groups in total. The monoisotopic (exact) mass is 338 g/mol. The molecule has 0 amide bonds. The van der Waals surface area contributed by atoms with Crippen LogP contribution in [0.3, 0.4) is 0 Å². The van der Waals surface area contributed by atoms with Gasteiger partial charge in [-0.2, -0.15) is 0 Å². The van der Waals surface area contributed by atoms with Crippen molar-refractivity contribution in [2.75, 3.05) is 13.1 Å². The molecule has 4 atom stereocenters. The molecular formula is C20H35LiN2Si. The van der Waals surface area contributed by atoms with Crippen LogP contribution in [0.4, 0.5) is 0 Å². The van der Waals surface area contributed by atoms with E-state index in [-0.39, 0.29) is 24.4 Å². The molecule has 1 saturated carbocycles. The molecule has 130 valence electrons. The molecule has 0 spiro atoms. The molecule has 3 aliphatic rings. The molecule has 0 aromatic rings. The second-order valence-electron chi connectivity index (χ2n) is 9.53. The molecule has 2 aliphatic carbocycles. The van der Waals surface area contributed by atoms with Crippen molar-refractivity contribution in [3.8, 4) is 0 Å². The van der Waals surface area contributed by atoms with Crippen molar-refractivity contribution >= 4 is 8.24 Å². The minimum Gasteiger partial charge on any atom is -0.660 e. The summed E-state index contributed by atoms with van der Waals surface area (Å²) in [6.45, 7) is 14.4. The van der Waals surface area contributed by atoms with Crippen LogP contribution in [0.5, 0.6) is 0 Å². The van der Waals surface area contributed by atoms with Crippen LogP contribution in [-0.2, 0) is 0 Å². The second kappa shape index (κ2) is 7.84. The fraction of sp³-hybridized carbons (Fsp3) is 0.800. The SMILES string of the molecule is CC(C)(C)[N-][Si](C)(C)CC1CC(N2CCCC2)C2C=CC=CC12.[Li+]. The molecule has 0 radical (unpaired) electrons. The first-order chi connectivity index (χ1) is 10.8. The molecule has 0 aromatic heterocycles. The van der Waals surface area contributed by atoms with Gasteiger partial charge in [0.1, 0.15) is 0 Å². The zero-order valence-corrected chi connectivity index (χ0v) is 17.8. The van der Waals surface area contributed by atoms with Crippen molar-refractivity contribution in [2.24, 2.45) is 17.8 Å². The Morgan fingerprint density at radius 3 is 2.21 bits per heavy atom. The summed E-state index contributed by atoms with van der Waals surface area (Å²) in [5.74, 6) is 2.34. The molecule has 24 heavy (non-hydrogen) atoms. The van der Waals surface area contributed by atoms with Gasteiger partial charge in [-0.3, -0.25) is 4.90 Å². The van der Waals surface area contributed by atoms with Gasteiger partial charge in [-0.25, -0.2) is 0 Å². The third-order valence-electron chi connectivity index (χ3n) is 5.76. The van der Waals surface area contributed by atoms with E-state index in [9.17, 15) is 0 Å². The van der Waals surface area contributed by atoms with Crippen molar-refractivity contribution in [1.29, 1.82) is 0 Å². The summed E-state index contributed by atoms with van der Waals surface area (Å²) < 4.78 is 0. The quantitative estimate of drug-likeness (QED) is 0.719. The van der Waals surface area contributed by atoms with Gasteiger partial charge in [-0.05, 0) is 50.1 Å². The Hall–Kier alpha value is 0.214. The number of hydrogen-bond acceptors (Lipinski definition) is 1. The number of nitrogens with zero attached hydrogens (tertiary/aromatic N) is 2. The van der Waals surface area contributed by atoms with Crippen LogP contribution < -0.4 is 18.9 Å². The van der Waals surface area contributed by atoms with Crippen molar-refractivity contribution < 1.29 is 18.9 Å². The summed E-state index contributed by atoms with van der Waals surface area (Å²) >= 11 is 0. The van der Waals surface area contributed by atoms with Crippen LogP contribution in [0.1, 0.15) is 40.0 Å². The van der Waals surface area contributed by atoms with Crippen molar-refractivity contribution in [3.63, 3.8) is 0 Å². The zero-order chi connectivity index (χ0) is 16.7. The Kier molecular flexibility index (Phi) is 6.71. The molecule has 3 rings (SSSR count). The average Bonchev–Trinajstić information content (AvgIpc) is 3.04. The Balaban J connectivity index is 0.00000208. The second-order valence-corrected chi connectivity index (χ2v) is 13.8. The third kappa shape index (κ3) is 4.89. The van der Waals surface area contributed by atoms with Crippen LogP contribution in [0.2, 0.25) is 19.1 Å². The largest absolute Gasteiger partial charge is 1.00 e. The maximum atomic E-state index is 5.25. The first-order valence-electron chi connectivity index (χ1n) is 9.58. The molecule has 4 heteroatoms. The fourth-order valence-electron chi connectivity index (χ4n) is 5.40. The first-order valence-corrected chi connectivity index (χ1v) is 12.7. The normalized spacial score (nSPS) is 33.5. The van der Waals surface area contributed by atoms with Crippen molar-refractivity contribution in [2.45, 2.75) is 70.8 Å². The first kappa shape index (κ1) is 20.5. The summed E-state index contributed by atoms with van der Waals surface area (Å²) in [7, 11) is -1.50. The van der Waals surface area contributed by atoms with Crippen LogP contribution >= 0.6 is 0 Å². The van der Waals surface area contributed by atoms with E-state index < -0.39 is 8.24 Å². The maximum Gasteiger partial charge on any atom is 1.00 e. The van der Waals surface area contributed by atoms with Crippen molar-refractivity contribution in [1.82, 2.24) is 4.90 Å². The molecule has 0 bridgehead atoms. The van der Waals surface area contributed by atoms with Gasteiger partial charge in [0.05, 0.1) is 0 Å². The topological polar surface area (TPSA) is 17.3 Å². The maximum absolute atomic E-state index is 5.25. The standard InChI is InChI=1S/C20H35N2Si.Li/c1-20(2,3)21-23(4,5)15-16-14-19(22-12-8-9-13-22)18-11-7-6-10-17(16)18;/h6-7,10-11,16-19H,8-9,12-15H2,1-5H3;/q-1;+1. The van der Waals surface area contributed by atoms with E-state index in [1.807, 2.05) is 0 Å². The molecule has 1 heterocycles. The molecule has 1 aliphatic heterocycles. The average molecular weight is 339 g/mol. The number of rotatable bonds is 4. The van der Waals surface area contributed by atoms with Gasteiger partial charge in [0.2, 0.25) is 0 Å². The van der Waals surface area contributed by atoms with Crippen molar-refractivity contribution in [3.05, 3.63) is 29.3 Å². The molecule has 0 aromatic carbocycles. The third-order valence-corrected chi connectivity index (χ3v) is 8.56. The smallest absolute Gasteiger partial charge is 0.660 e. The van der Waals surface area contributed by atoms with Gasteiger partial charge in [0, 0.05) is 6.04 Å². The number of allylic oxidation sites excluding steroid dienone is 3. The summed E-state index contributed by atoms with van der Waals surface area (Å²) in [4.78, 5) is 8.04. The van der Waals surface area contributed by atoms with Crippen LogP contribution in [-0.4, -0.2) is 37.8 Å². The molecular weight excluding hydrogens is 303 g/mol. The summed E-state index contributed by atoms with van der Waals surface area (Å²) in [6.07, 6.45) is 13.8. The minimum absolute atomic E-state index is 0. The number of hydrogen-bond donors (Lipinski definition) is 0. The molecule has 2 nitrogen and oxygen atoms in total. The van der Waals surface area contributed by atoms with E-state index in [4.69, 9.17) is 4.98 Å². The fourth-order valence-corrected chi connectivity index (χ4v) is 9.03. The summed E-state index contributed by atoms with van der Waals surface area (Å²) in [5.41, 5.74) is 0.115. The predicted molar refractivity (Wildman–Crippen MR) is 103 cm³/mol. The van der Waals surface area contributed by atoms with E-state index in [0.717, 1.165) is 23.8 Å². The van der Waals surface area contributed by atoms with E-state index in [1.54, 1.807) is 0 Å². The van der Waals surface area contributed by atoms with Gasteiger partial charge < -0.3 is 4.98 Å². The summed E-state index contributed by atoms with van der Waals surface area (Å²) in [5, 5.41) is 0. The Morgan fingerprint density at radius 1 is 1.04 bits per heavy atom. The minimum atomic E-state index is -1.50. The van der Waals surface area contributed by atoms with Gasteiger partial charge in [0.25, 0.3) is 0 Å². The van der Waals surface area contributed by atoms with Gasteiger partial charge >= 0.3 is 18.9 Å². The van der Waals surface area contributed by atoms with Gasteiger partial charge in [-0.1, -0.05) is 72.4 Å². The Bertz CT molecular complexity index is 475. The zero-order valence-electron chi connectivity index (χ0n) is 16.8. The Morgan fingerprint density at radius 2 is 1.62 bits per heavy atom. The Labute approximate surface area is 162 Å². The molecule has 1 saturated heterocycles. The summed E-state index contributed by atoms with van der Waals surface area (Å²) in [6, 6.07) is 2.14.